The highest BCUT2D eigenvalue weighted by molar-refractivity contribution is 4.50. The second-order valence-corrected chi connectivity index (χ2v) is 3.23. The first-order valence-electron chi connectivity index (χ1n) is 4.84. The van der Waals surface area contributed by atoms with Crippen molar-refractivity contribution < 1.29 is 9.47 Å². The van der Waals surface area contributed by atoms with Crippen molar-refractivity contribution >= 4 is 0 Å². The molecular formula is C9H22N2O2. The first kappa shape index (κ1) is 12.8. The highest BCUT2D eigenvalue weighted by Crippen LogP contribution is 1.99. The Morgan fingerprint density at radius 3 is 1.62 bits per heavy atom. The Kier molecular flexibility index (Phi) is 8.33. The maximum atomic E-state index is 5.37. The summed E-state index contributed by atoms with van der Waals surface area (Å²) >= 11 is 0. The molecule has 0 aliphatic rings. The van der Waals surface area contributed by atoms with Crippen LogP contribution in [-0.2, 0) is 9.47 Å². The number of hydrogen-bond acceptors (Lipinski definition) is 4. The van der Waals surface area contributed by atoms with Crippen LogP contribution in [0.15, 0.2) is 0 Å². The first-order chi connectivity index (χ1) is 6.20. The fourth-order valence-corrected chi connectivity index (χ4v) is 0.908. The zero-order valence-corrected chi connectivity index (χ0v) is 8.66. The van der Waals surface area contributed by atoms with Crippen LogP contribution in [0.5, 0.6) is 0 Å². The largest absolute Gasteiger partial charge is 0.352 e. The molecule has 0 radical (unpaired) electrons. The number of ether oxygens (including phenoxy) is 2. The summed E-state index contributed by atoms with van der Waals surface area (Å²) in [7, 11) is 0. The summed E-state index contributed by atoms with van der Waals surface area (Å²) in [5, 5.41) is 0. The number of hydrogen-bond donors (Lipinski definition) is 2. The lowest BCUT2D eigenvalue weighted by molar-refractivity contribution is -0.110. The van der Waals surface area contributed by atoms with Crippen LogP contribution in [0.2, 0.25) is 0 Å². The van der Waals surface area contributed by atoms with Gasteiger partial charge in [0.1, 0.15) is 6.79 Å². The van der Waals surface area contributed by atoms with Gasteiger partial charge in [0, 0.05) is 0 Å². The van der Waals surface area contributed by atoms with E-state index in [0.717, 1.165) is 12.8 Å². The minimum atomic E-state index is 0.176. The zero-order chi connectivity index (χ0) is 10.1. The van der Waals surface area contributed by atoms with Crippen molar-refractivity contribution in [1.82, 2.24) is 0 Å². The molecule has 4 heteroatoms. The molecule has 0 aliphatic heterocycles. The van der Waals surface area contributed by atoms with Crippen molar-refractivity contribution in [2.24, 2.45) is 11.5 Å². The van der Waals surface area contributed by atoms with E-state index in [-0.39, 0.29) is 12.2 Å². The van der Waals surface area contributed by atoms with E-state index >= 15 is 0 Å². The highest BCUT2D eigenvalue weighted by Gasteiger charge is 2.03. The molecule has 0 aliphatic carbocycles. The van der Waals surface area contributed by atoms with Crippen molar-refractivity contribution in [2.45, 2.75) is 38.9 Å². The maximum absolute atomic E-state index is 5.37. The monoisotopic (exact) mass is 190 g/mol. The molecule has 80 valence electrons. The summed E-state index contributed by atoms with van der Waals surface area (Å²) in [4.78, 5) is 0. The molecule has 13 heavy (non-hydrogen) atoms. The van der Waals surface area contributed by atoms with E-state index in [1.54, 1.807) is 0 Å². The van der Waals surface area contributed by atoms with E-state index in [0.29, 0.717) is 19.9 Å². The second-order valence-electron chi connectivity index (χ2n) is 3.23. The minimum Gasteiger partial charge on any atom is -0.352 e. The molecule has 0 aromatic rings. The smallest absolute Gasteiger partial charge is 0.147 e. The van der Waals surface area contributed by atoms with E-state index in [1.165, 1.54) is 0 Å². The molecule has 0 amide bonds. The van der Waals surface area contributed by atoms with Crippen LogP contribution >= 0.6 is 0 Å². The first-order valence-corrected chi connectivity index (χ1v) is 4.84. The SMILES string of the molecule is CC(CCN)OCOC(C)CCN. The Bertz CT molecular complexity index is 99.8. The molecule has 0 aromatic carbocycles. The summed E-state index contributed by atoms with van der Waals surface area (Å²) in [6.07, 6.45) is 2.09. The van der Waals surface area contributed by atoms with Gasteiger partial charge in [-0.05, 0) is 39.8 Å². The number of rotatable bonds is 8. The van der Waals surface area contributed by atoms with Crippen LogP contribution in [0, 0.1) is 0 Å². The van der Waals surface area contributed by atoms with E-state index in [4.69, 9.17) is 20.9 Å². The molecule has 2 atom stereocenters. The third-order valence-corrected chi connectivity index (χ3v) is 1.85. The van der Waals surface area contributed by atoms with Gasteiger partial charge in [0.05, 0.1) is 12.2 Å². The maximum Gasteiger partial charge on any atom is 0.147 e. The van der Waals surface area contributed by atoms with Gasteiger partial charge in [-0.15, -0.1) is 0 Å². The van der Waals surface area contributed by atoms with Crippen LogP contribution in [0.25, 0.3) is 0 Å². The summed E-state index contributed by atoms with van der Waals surface area (Å²) in [6.45, 7) is 5.62. The summed E-state index contributed by atoms with van der Waals surface area (Å²) in [5.41, 5.74) is 10.7. The molecule has 0 spiro atoms. The molecule has 2 unspecified atom stereocenters. The Morgan fingerprint density at radius 2 is 1.31 bits per heavy atom. The van der Waals surface area contributed by atoms with Crippen LogP contribution in [0.3, 0.4) is 0 Å². The normalized spacial score (nSPS) is 15.7. The van der Waals surface area contributed by atoms with Gasteiger partial charge in [-0.2, -0.15) is 0 Å². The minimum absolute atomic E-state index is 0.176. The quantitative estimate of drug-likeness (QED) is 0.545. The van der Waals surface area contributed by atoms with Crippen molar-refractivity contribution in [3.63, 3.8) is 0 Å². The van der Waals surface area contributed by atoms with E-state index in [9.17, 15) is 0 Å². The lowest BCUT2D eigenvalue weighted by Gasteiger charge is -2.15. The molecule has 0 rings (SSSR count). The zero-order valence-electron chi connectivity index (χ0n) is 8.66. The van der Waals surface area contributed by atoms with E-state index < -0.39 is 0 Å². The van der Waals surface area contributed by atoms with Gasteiger partial charge >= 0.3 is 0 Å². The van der Waals surface area contributed by atoms with Gasteiger partial charge in [0.25, 0.3) is 0 Å². The Morgan fingerprint density at radius 1 is 0.923 bits per heavy atom. The van der Waals surface area contributed by atoms with Gasteiger partial charge in [-0.1, -0.05) is 0 Å². The summed E-state index contributed by atoms with van der Waals surface area (Å²) < 4.78 is 10.7. The van der Waals surface area contributed by atoms with Gasteiger partial charge < -0.3 is 20.9 Å². The van der Waals surface area contributed by atoms with Crippen LogP contribution in [0.4, 0.5) is 0 Å². The molecule has 0 fully saturated rings. The lowest BCUT2D eigenvalue weighted by Crippen LogP contribution is -2.20. The number of nitrogens with two attached hydrogens (primary N) is 2. The van der Waals surface area contributed by atoms with Gasteiger partial charge in [0.15, 0.2) is 0 Å². The molecule has 0 aromatic heterocycles. The van der Waals surface area contributed by atoms with Gasteiger partial charge in [0.2, 0.25) is 0 Å². The molecule has 0 saturated carbocycles. The third kappa shape index (κ3) is 8.18. The average molecular weight is 190 g/mol. The van der Waals surface area contributed by atoms with Crippen molar-refractivity contribution in [1.29, 1.82) is 0 Å². The second kappa shape index (κ2) is 8.44. The highest BCUT2D eigenvalue weighted by atomic mass is 16.7. The molecule has 0 saturated heterocycles. The third-order valence-electron chi connectivity index (χ3n) is 1.85. The molecular weight excluding hydrogens is 168 g/mol. The molecule has 4 nitrogen and oxygen atoms in total. The molecule has 0 bridgehead atoms. The topological polar surface area (TPSA) is 70.5 Å². The molecule has 0 heterocycles. The standard InChI is InChI=1S/C9H22N2O2/c1-8(3-5-10)12-7-13-9(2)4-6-11/h8-9H,3-7,10-11H2,1-2H3. The van der Waals surface area contributed by atoms with Crippen LogP contribution < -0.4 is 11.5 Å². The van der Waals surface area contributed by atoms with Crippen LogP contribution in [-0.4, -0.2) is 32.1 Å². The Hall–Kier alpha value is -0.160. The fourth-order valence-electron chi connectivity index (χ4n) is 0.908. The predicted octanol–water partition coefficient (Wildman–Crippen LogP) is 0.452. The van der Waals surface area contributed by atoms with Gasteiger partial charge in [-0.25, -0.2) is 0 Å². The molecule has 4 N–H and O–H groups in total. The summed E-state index contributed by atoms with van der Waals surface area (Å²) in [5.74, 6) is 0. The Labute approximate surface area is 80.6 Å². The fraction of sp³-hybridized carbons (Fsp3) is 1.00. The van der Waals surface area contributed by atoms with Crippen molar-refractivity contribution in [2.75, 3.05) is 19.9 Å². The van der Waals surface area contributed by atoms with E-state index in [2.05, 4.69) is 0 Å². The lowest BCUT2D eigenvalue weighted by atomic mass is 10.3. The van der Waals surface area contributed by atoms with Gasteiger partial charge in [-0.3, -0.25) is 0 Å². The van der Waals surface area contributed by atoms with Crippen LogP contribution in [0.1, 0.15) is 26.7 Å². The predicted molar refractivity (Wildman–Crippen MR) is 53.3 cm³/mol. The van der Waals surface area contributed by atoms with Crippen molar-refractivity contribution in [3.8, 4) is 0 Å². The Balaban J connectivity index is 3.23. The average Bonchev–Trinajstić information content (AvgIpc) is 2.05. The van der Waals surface area contributed by atoms with Crippen molar-refractivity contribution in [3.05, 3.63) is 0 Å². The summed E-state index contributed by atoms with van der Waals surface area (Å²) in [6, 6.07) is 0. The van der Waals surface area contributed by atoms with E-state index in [1.807, 2.05) is 13.8 Å².